The smallest absolute Gasteiger partial charge is 0.0594 e. The molecule has 3 nitrogen and oxygen atoms in total. The molecule has 19 heavy (non-hydrogen) atoms. The second kappa shape index (κ2) is 7.05. The maximum absolute atomic E-state index is 5.45. The van der Waals surface area contributed by atoms with Crippen LogP contribution in [0.2, 0.25) is 0 Å². The van der Waals surface area contributed by atoms with Crippen LogP contribution in [0, 0.1) is 5.92 Å². The van der Waals surface area contributed by atoms with Crippen LogP contribution < -0.4 is 5.32 Å². The standard InChI is InChI=1S/C16H32N2O/c1-14(15-7-5-4-6-8-15)17-13-16(2,3)18-9-11-19-12-10-18/h14-15,17H,4-13H2,1-3H3. The summed E-state index contributed by atoms with van der Waals surface area (Å²) in [7, 11) is 0. The molecule has 1 saturated carbocycles. The highest BCUT2D eigenvalue weighted by Gasteiger charge is 2.29. The average molecular weight is 268 g/mol. The predicted molar refractivity (Wildman–Crippen MR) is 80.5 cm³/mol. The van der Waals surface area contributed by atoms with Crippen LogP contribution in [0.25, 0.3) is 0 Å². The molecule has 0 aromatic heterocycles. The first-order chi connectivity index (χ1) is 9.09. The van der Waals surface area contributed by atoms with Crippen molar-refractivity contribution in [3.8, 4) is 0 Å². The Labute approximate surface area is 119 Å². The minimum Gasteiger partial charge on any atom is -0.379 e. The minimum absolute atomic E-state index is 0.243. The van der Waals surface area contributed by atoms with E-state index in [0.29, 0.717) is 6.04 Å². The number of hydrogen-bond donors (Lipinski definition) is 1. The van der Waals surface area contributed by atoms with Gasteiger partial charge in [0.15, 0.2) is 0 Å². The summed E-state index contributed by atoms with van der Waals surface area (Å²) in [4.78, 5) is 2.57. The summed E-state index contributed by atoms with van der Waals surface area (Å²) in [6.45, 7) is 12.1. The van der Waals surface area contributed by atoms with E-state index in [1.165, 1.54) is 32.1 Å². The molecule has 2 aliphatic rings. The molecule has 0 aromatic carbocycles. The number of nitrogens with one attached hydrogen (secondary N) is 1. The highest BCUT2D eigenvalue weighted by molar-refractivity contribution is 4.87. The van der Waals surface area contributed by atoms with Crippen LogP contribution in [-0.2, 0) is 4.74 Å². The van der Waals surface area contributed by atoms with Gasteiger partial charge in [0.05, 0.1) is 13.2 Å². The van der Waals surface area contributed by atoms with Crippen LogP contribution in [0.3, 0.4) is 0 Å². The van der Waals surface area contributed by atoms with Gasteiger partial charge in [0.25, 0.3) is 0 Å². The molecule has 3 heteroatoms. The average Bonchev–Trinajstić information content (AvgIpc) is 2.47. The molecule has 1 aliphatic heterocycles. The lowest BCUT2D eigenvalue weighted by atomic mass is 9.84. The summed E-state index contributed by atoms with van der Waals surface area (Å²) >= 11 is 0. The molecule has 1 unspecified atom stereocenters. The second-order valence-corrected chi connectivity index (χ2v) is 6.98. The summed E-state index contributed by atoms with van der Waals surface area (Å²) in [5.41, 5.74) is 0.243. The van der Waals surface area contributed by atoms with Crippen molar-refractivity contribution in [3.05, 3.63) is 0 Å². The van der Waals surface area contributed by atoms with Crippen molar-refractivity contribution < 1.29 is 4.74 Å². The Morgan fingerprint density at radius 2 is 1.79 bits per heavy atom. The van der Waals surface area contributed by atoms with Crippen molar-refractivity contribution in [3.63, 3.8) is 0 Å². The molecule has 1 atom stereocenters. The van der Waals surface area contributed by atoms with Crippen molar-refractivity contribution in [1.29, 1.82) is 0 Å². The van der Waals surface area contributed by atoms with E-state index >= 15 is 0 Å². The fourth-order valence-corrected chi connectivity index (χ4v) is 3.49. The summed E-state index contributed by atoms with van der Waals surface area (Å²) in [5, 5.41) is 3.81. The first-order valence-electron chi connectivity index (χ1n) is 8.16. The monoisotopic (exact) mass is 268 g/mol. The van der Waals surface area contributed by atoms with E-state index in [1.807, 2.05) is 0 Å². The van der Waals surface area contributed by atoms with E-state index in [0.717, 1.165) is 38.8 Å². The molecule has 2 rings (SSSR count). The van der Waals surface area contributed by atoms with Gasteiger partial charge in [-0.05, 0) is 39.5 Å². The zero-order valence-electron chi connectivity index (χ0n) is 13.1. The zero-order chi connectivity index (χ0) is 13.7. The Morgan fingerprint density at radius 3 is 2.42 bits per heavy atom. The first-order valence-corrected chi connectivity index (χ1v) is 8.16. The molecule has 0 spiro atoms. The highest BCUT2D eigenvalue weighted by atomic mass is 16.5. The molecule has 0 bridgehead atoms. The van der Waals surface area contributed by atoms with Gasteiger partial charge in [-0.2, -0.15) is 0 Å². The van der Waals surface area contributed by atoms with E-state index in [4.69, 9.17) is 4.74 Å². The third-order valence-corrected chi connectivity index (χ3v) is 5.08. The number of nitrogens with zero attached hydrogens (tertiary/aromatic N) is 1. The Hall–Kier alpha value is -0.120. The summed E-state index contributed by atoms with van der Waals surface area (Å²) < 4.78 is 5.45. The predicted octanol–water partition coefficient (Wildman–Crippen LogP) is 2.66. The molecule has 112 valence electrons. The molecule has 0 amide bonds. The van der Waals surface area contributed by atoms with E-state index in [2.05, 4.69) is 31.0 Å². The van der Waals surface area contributed by atoms with Gasteiger partial charge in [-0.1, -0.05) is 19.3 Å². The van der Waals surface area contributed by atoms with Gasteiger partial charge in [0, 0.05) is 31.2 Å². The molecule has 1 heterocycles. The van der Waals surface area contributed by atoms with Crippen LogP contribution >= 0.6 is 0 Å². The van der Waals surface area contributed by atoms with Crippen LogP contribution in [0.5, 0.6) is 0 Å². The highest BCUT2D eigenvalue weighted by Crippen LogP contribution is 2.26. The van der Waals surface area contributed by atoms with Crippen molar-refractivity contribution in [2.75, 3.05) is 32.8 Å². The van der Waals surface area contributed by atoms with Gasteiger partial charge in [0.1, 0.15) is 0 Å². The molecule has 2 fully saturated rings. The van der Waals surface area contributed by atoms with Gasteiger partial charge in [-0.15, -0.1) is 0 Å². The Morgan fingerprint density at radius 1 is 1.16 bits per heavy atom. The largest absolute Gasteiger partial charge is 0.379 e. The molecule has 0 aromatic rings. The van der Waals surface area contributed by atoms with E-state index in [-0.39, 0.29) is 5.54 Å². The fraction of sp³-hybridized carbons (Fsp3) is 1.00. The molecule has 1 aliphatic carbocycles. The minimum atomic E-state index is 0.243. The van der Waals surface area contributed by atoms with Crippen LogP contribution in [0.15, 0.2) is 0 Å². The molecular weight excluding hydrogens is 236 g/mol. The summed E-state index contributed by atoms with van der Waals surface area (Å²) in [6, 6.07) is 0.667. The van der Waals surface area contributed by atoms with Gasteiger partial charge < -0.3 is 10.1 Å². The number of hydrogen-bond acceptors (Lipinski definition) is 3. The Kier molecular flexibility index (Phi) is 5.67. The summed E-state index contributed by atoms with van der Waals surface area (Å²) in [6.07, 6.45) is 7.16. The maximum atomic E-state index is 5.45. The van der Waals surface area contributed by atoms with Crippen LogP contribution in [-0.4, -0.2) is 49.3 Å². The number of ether oxygens (including phenoxy) is 1. The van der Waals surface area contributed by atoms with Crippen LogP contribution in [0.1, 0.15) is 52.9 Å². The van der Waals surface area contributed by atoms with Crippen molar-refractivity contribution in [1.82, 2.24) is 10.2 Å². The van der Waals surface area contributed by atoms with E-state index in [9.17, 15) is 0 Å². The topological polar surface area (TPSA) is 24.5 Å². The molecule has 1 N–H and O–H groups in total. The number of rotatable bonds is 5. The van der Waals surface area contributed by atoms with E-state index in [1.54, 1.807) is 0 Å². The Balaban J connectivity index is 1.75. The lowest BCUT2D eigenvalue weighted by molar-refractivity contribution is -0.0109. The molecule has 0 radical (unpaired) electrons. The maximum Gasteiger partial charge on any atom is 0.0594 e. The number of morpholine rings is 1. The van der Waals surface area contributed by atoms with Crippen molar-refractivity contribution >= 4 is 0 Å². The quantitative estimate of drug-likeness (QED) is 0.829. The van der Waals surface area contributed by atoms with Crippen LogP contribution in [0.4, 0.5) is 0 Å². The van der Waals surface area contributed by atoms with Gasteiger partial charge in [-0.25, -0.2) is 0 Å². The first kappa shape index (κ1) is 15.3. The van der Waals surface area contributed by atoms with Gasteiger partial charge in [-0.3, -0.25) is 4.90 Å². The zero-order valence-corrected chi connectivity index (χ0v) is 13.1. The van der Waals surface area contributed by atoms with Crippen molar-refractivity contribution in [2.45, 2.75) is 64.5 Å². The van der Waals surface area contributed by atoms with E-state index < -0.39 is 0 Å². The third-order valence-electron chi connectivity index (χ3n) is 5.08. The Bertz CT molecular complexity index is 255. The third kappa shape index (κ3) is 4.44. The van der Waals surface area contributed by atoms with Crippen molar-refractivity contribution in [2.24, 2.45) is 5.92 Å². The second-order valence-electron chi connectivity index (χ2n) is 6.98. The lowest BCUT2D eigenvalue weighted by Crippen LogP contribution is -2.56. The molecule has 1 saturated heterocycles. The summed E-state index contributed by atoms with van der Waals surface area (Å²) in [5.74, 6) is 0.897. The van der Waals surface area contributed by atoms with Gasteiger partial charge in [0.2, 0.25) is 0 Å². The normalized spacial score (nSPS) is 25.4. The van der Waals surface area contributed by atoms with Gasteiger partial charge >= 0.3 is 0 Å². The fourth-order valence-electron chi connectivity index (χ4n) is 3.49. The lowest BCUT2D eigenvalue weighted by Gasteiger charge is -2.42. The SMILES string of the molecule is CC(NCC(C)(C)N1CCOCC1)C1CCCCC1. The molecular formula is C16H32N2O.